The standard InChI is InChI=1S/C11H14BrNO2/c12-9-2-1-3-10(6-9)15-8-11-7-13-4-5-14-11/h1-3,6,11,13H,4-5,7-8H2. The van der Waals surface area contributed by atoms with Crippen molar-refractivity contribution >= 4 is 15.9 Å². The van der Waals surface area contributed by atoms with Gasteiger partial charge in [0.15, 0.2) is 0 Å². The molecule has 1 aliphatic rings. The molecule has 1 N–H and O–H groups in total. The van der Waals surface area contributed by atoms with E-state index in [0.29, 0.717) is 6.61 Å². The van der Waals surface area contributed by atoms with Gasteiger partial charge in [0.25, 0.3) is 0 Å². The first kappa shape index (κ1) is 10.9. The zero-order valence-corrected chi connectivity index (χ0v) is 10.00. The number of ether oxygens (including phenoxy) is 2. The van der Waals surface area contributed by atoms with Gasteiger partial charge in [-0.1, -0.05) is 22.0 Å². The van der Waals surface area contributed by atoms with Crippen molar-refractivity contribution in [1.29, 1.82) is 0 Å². The minimum atomic E-state index is 0.165. The lowest BCUT2D eigenvalue weighted by Crippen LogP contribution is -2.41. The van der Waals surface area contributed by atoms with Crippen molar-refractivity contribution in [2.75, 3.05) is 26.3 Å². The summed E-state index contributed by atoms with van der Waals surface area (Å²) in [5.41, 5.74) is 0. The van der Waals surface area contributed by atoms with E-state index in [2.05, 4.69) is 21.2 Å². The smallest absolute Gasteiger partial charge is 0.120 e. The van der Waals surface area contributed by atoms with Crippen molar-refractivity contribution in [2.45, 2.75) is 6.10 Å². The molecule has 1 fully saturated rings. The molecule has 1 atom stereocenters. The fourth-order valence-electron chi connectivity index (χ4n) is 1.47. The topological polar surface area (TPSA) is 30.5 Å². The summed E-state index contributed by atoms with van der Waals surface area (Å²) in [7, 11) is 0. The minimum absolute atomic E-state index is 0.165. The largest absolute Gasteiger partial charge is 0.491 e. The van der Waals surface area contributed by atoms with Gasteiger partial charge in [-0.05, 0) is 18.2 Å². The molecule has 3 nitrogen and oxygen atoms in total. The molecule has 0 radical (unpaired) electrons. The van der Waals surface area contributed by atoms with Crippen LogP contribution in [0.3, 0.4) is 0 Å². The van der Waals surface area contributed by atoms with Gasteiger partial charge < -0.3 is 14.8 Å². The highest BCUT2D eigenvalue weighted by Gasteiger charge is 2.13. The highest BCUT2D eigenvalue weighted by Crippen LogP contribution is 2.18. The van der Waals surface area contributed by atoms with Crippen LogP contribution in [0.4, 0.5) is 0 Å². The van der Waals surface area contributed by atoms with Crippen LogP contribution >= 0.6 is 15.9 Å². The minimum Gasteiger partial charge on any atom is -0.491 e. The number of benzene rings is 1. The SMILES string of the molecule is Brc1cccc(OCC2CNCCO2)c1. The summed E-state index contributed by atoms with van der Waals surface area (Å²) in [6, 6.07) is 7.84. The summed E-state index contributed by atoms with van der Waals surface area (Å²) in [5, 5.41) is 3.27. The van der Waals surface area contributed by atoms with Crippen LogP contribution in [0.2, 0.25) is 0 Å². The van der Waals surface area contributed by atoms with E-state index in [0.717, 1.165) is 29.9 Å². The number of nitrogens with one attached hydrogen (secondary N) is 1. The number of hydrogen-bond acceptors (Lipinski definition) is 3. The van der Waals surface area contributed by atoms with Crippen molar-refractivity contribution in [2.24, 2.45) is 0 Å². The van der Waals surface area contributed by atoms with Crippen LogP contribution in [0, 0.1) is 0 Å². The molecule has 1 aromatic carbocycles. The second-order valence-electron chi connectivity index (χ2n) is 3.47. The van der Waals surface area contributed by atoms with E-state index in [9.17, 15) is 0 Å². The summed E-state index contributed by atoms with van der Waals surface area (Å²) in [6.45, 7) is 3.18. The third-order valence-electron chi connectivity index (χ3n) is 2.24. The fourth-order valence-corrected chi connectivity index (χ4v) is 1.85. The van der Waals surface area contributed by atoms with Gasteiger partial charge in [-0.2, -0.15) is 0 Å². The van der Waals surface area contributed by atoms with Crippen LogP contribution in [0.1, 0.15) is 0 Å². The van der Waals surface area contributed by atoms with Crippen LogP contribution in [-0.4, -0.2) is 32.4 Å². The van der Waals surface area contributed by atoms with Crippen molar-refractivity contribution in [1.82, 2.24) is 5.32 Å². The van der Waals surface area contributed by atoms with Gasteiger partial charge in [0, 0.05) is 17.6 Å². The quantitative estimate of drug-likeness (QED) is 0.910. The number of halogens is 1. The van der Waals surface area contributed by atoms with E-state index in [1.54, 1.807) is 0 Å². The molecule has 1 aromatic rings. The van der Waals surface area contributed by atoms with Crippen molar-refractivity contribution in [3.05, 3.63) is 28.7 Å². The first-order valence-corrected chi connectivity index (χ1v) is 5.84. The van der Waals surface area contributed by atoms with Crippen LogP contribution < -0.4 is 10.1 Å². The molecule has 2 rings (SSSR count). The molecule has 0 aromatic heterocycles. The maximum absolute atomic E-state index is 5.63. The second kappa shape index (κ2) is 5.49. The average Bonchev–Trinajstić information content (AvgIpc) is 2.28. The maximum atomic E-state index is 5.63. The number of rotatable bonds is 3. The predicted octanol–water partition coefficient (Wildman–Crippen LogP) is 1.82. The van der Waals surface area contributed by atoms with E-state index in [1.807, 2.05) is 24.3 Å². The summed E-state index contributed by atoms with van der Waals surface area (Å²) in [4.78, 5) is 0. The third-order valence-corrected chi connectivity index (χ3v) is 2.73. The van der Waals surface area contributed by atoms with E-state index in [1.165, 1.54) is 0 Å². The fraction of sp³-hybridized carbons (Fsp3) is 0.455. The molecule has 1 unspecified atom stereocenters. The molecular weight excluding hydrogens is 258 g/mol. The summed E-state index contributed by atoms with van der Waals surface area (Å²) >= 11 is 3.40. The summed E-state index contributed by atoms with van der Waals surface area (Å²) in [6.07, 6.45) is 0.165. The van der Waals surface area contributed by atoms with Gasteiger partial charge in [0.2, 0.25) is 0 Å². The van der Waals surface area contributed by atoms with Crippen molar-refractivity contribution in [3.8, 4) is 5.75 Å². The molecule has 0 bridgehead atoms. The van der Waals surface area contributed by atoms with E-state index >= 15 is 0 Å². The van der Waals surface area contributed by atoms with Crippen LogP contribution in [0.5, 0.6) is 5.75 Å². The Morgan fingerprint density at radius 2 is 2.47 bits per heavy atom. The van der Waals surface area contributed by atoms with Gasteiger partial charge in [0.05, 0.1) is 6.61 Å². The molecular formula is C11H14BrNO2. The lowest BCUT2D eigenvalue weighted by atomic mass is 10.3. The molecule has 1 aliphatic heterocycles. The number of morpholine rings is 1. The summed E-state index contributed by atoms with van der Waals surface area (Å²) < 4.78 is 12.2. The second-order valence-corrected chi connectivity index (χ2v) is 4.38. The van der Waals surface area contributed by atoms with Crippen LogP contribution in [0.15, 0.2) is 28.7 Å². The highest BCUT2D eigenvalue weighted by atomic mass is 79.9. The molecule has 4 heteroatoms. The normalized spacial score (nSPS) is 21.3. The molecule has 1 heterocycles. The zero-order chi connectivity index (χ0) is 10.5. The Kier molecular flexibility index (Phi) is 4.00. The van der Waals surface area contributed by atoms with Crippen molar-refractivity contribution in [3.63, 3.8) is 0 Å². The monoisotopic (exact) mass is 271 g/mol. The predicted molar refractivity (Wildman–Crippen MR) is 62.2 cm³/mol. The molecule has 1 saturated heterocycles. The first-order valence-electron chi connectivity index (χ1n) is 5.05. The Labute approximate surface area is 97.9 Å². The van der Waals surface area contributed by atoms with E-state index in [4.69, 9.17) is 9.47 Å². The van der Waals surface area contributed by atoms with Crippen LogP contribution in [-0.2, 0) is 4.74 Å². The third kappa shape index (κ3) is 3.48. The van der Waals surface area contributed by atoms with Gasteiger partial charge in [0.1, 0.15) is 18.5 Å². The average molecular weight is 272 g/mol. The van der Waals surface area contributed by atoms with Crippen molar-refractivity contribution < 1.29 is 9.47 Å². The Balaban J connectivity index is 1.81. The van der Waals surface area contributed by atoms with Gasteiger partial charge in [-0.25, -0.2) is 0 Å². The Hall–Kier alpha value is -0.580. The number of hydrogen-bond donors (Lipinski definition) is 1. The van der Waals surface area contributed by atoms with E-state index in [-0.39, 0.29) is 6.10 Å². The summed E-state index contributed by atoms with van der Waals surface area (Å²) in [5.74, 6) is 0.874. The van der Waals surface area contributed by atoms with E-state index < -0.39 is 0 Å². The van der Waals surface area contributed by atoms with Gasteiger partial charge >= 0.3 is 0 Å². The first-order chi connectivity index (χ1) is 7.34. The lowest BCUT2D eigenvalue weighted by Gasteiger charge is -2.23. The molecule has 0 spiro atoms. The molecule has 82 valence electrons. The maximum Gasteiger partial charge on any atom is 0.120 e. The zero-order valence-electron chi connectivity index (χ0n) is 8.41. The molecule has 15 heavy (non-hydrogen) atoms. The Morgan fingerprint density at radius 3 is 3.20 bits per heavy atom. The van der Waals surface area contributed by atoms with Crippen LogP contribution in [0.25, 0.3) is 0 Å². The molecule has 0 aliphatic carbocycles. The molecule has 0 amide bonds. The Bertz CT molecular complexity index is 313. The molecule has 0 saturated carbocycles. The van der Waals surface area contributed by atoms with Gasteiger partial charge in [-0.15, -0.1) is 0 Å². The Morgan fingerprint density at radius 1 is 1.53 bits per heavy atom. The highest BCUT2D eigenvalue weighted by molar-refractivity contribution is 9.10. The van der Waals surface area contributed by atoms with Gasteiger partial charge in [-0.3, -0.25) is 0 Å². The lowest BCUT2D eigenvalue weighted by molar-refractivity contribution is 0.000184.